The second kappa shape index (κ2) is 15.3. The van der Waals surface area contributed by atoms with E-state index in [1.807, 2.05) is 0 Å². The number of carbonyl (C=O) groups excluding carboxylic acids is 1. The first-order valence-electron chi connectivity index (χ1n) is 8.46. The molecule has 0 rings (SSSR count). The summed E-state index contributed by atoms with van der Waals surface area (Å²) in [5.74, 6) is 0.735. The van der Waals surface area contributed by atoms with E-state index in [0.717, 1.165) is 30.5 Å². The average Bonchev–Trinajstić information content (AvgIpc) is 2.43. The van der Waals surface area contributed by atoms with Crippen molar-refractivity contribution in [1.29, 1.82) is 0 Å². The van der Waals surface area contributed by atoms with Crippen molar-refractivity contribution in [3.05, 3.63) is 0 Å². The lowest BCUT2D eigenvalue weighted by Crippen LogP contribution is -2.10. The molecule has 0 aliphatic heterocycles. The zero-order chi connectivity index (χ0) is 15.1. The van der Waals surface area contributed by atoms with Crippen molar-refractivity contribution in [2.24, 2.45) is 5.92 Å². The summed E-state index contributed by atoms with van der Waals surface area (Å²) >= 11 is 3.43. The Morgan fingerprint density at radius 1 is 0.950 bits per heavy atom. The molecule has 0 bridgehead atoms. The third kappa shape index (κ3) is 13.0. The van der Waals surface area contributed by atoms with Crippen molar-refractivity contribution in [2.75, 3.05) is 11.9 Å². The number of hydrogen-bond donors (Lipinski definition) is 0. The Morgan fingerprint density at radius 2 is 1.55 bits per heavy atom. The second-order valence-electron chi connectivity index (χ2n) is 5.66. The van der Waals surface area contributed by atoms with E-state index < -0.39 is 0 Å². The van der Waals surface area contributed by atoms with E-state index in [1.54, 1.807) is 0 Å². The second-order valence-corrected chi connectivity index (χ2v) is 6.45. The fraction of sp³-hybridized carbons (Fsp3) is 0.941. The number of esters is 1. The predicted octanol–water partition coefficient (Wildman–Crippen LogP) is 5.87. The maximum absolute atomic E-state index is 11.6. The maximum Gasteiger partial charge on any atom is 0.305 e. The number of unbranched alkanes of at least 4 members (excludes halogenated alkanes) is 4. The van der Waals surface area contributed by atoms with Crippen molar-refractivity contribution >= 4 is 21.9 Å². The molecular weight excluding hydrogens is 316 g/mol. The molecule has 0 saturated heterocycles. The van der Waals surface area contributed by atoms with Crippen LogP contribution in [0.4, 0.5) is 0 Å². The van der Waals surface area contributed by atoms with E-state index in [0.29, 0.717) is 13.0 Å². The molecule has 0 heterocycles. The van der Waals surface area contributed by atoms with Gasteiger partial charge in [-0.2, -0.15) is 0 Å². The van der Waals surface area contributed by atoms with Crippen molar-refractivity contribution in [1.82, 2.24) is 0 Å². The molecule has 0 N–H and O–H groups in total. The molecule has 0 aromatic carbocycles. The van der Waals surface area contributed by atoms with Crippen LogP contribution in [-0.2, 0) is 9.53 Å². The molecule has 120 valence electrons. The topological polar surface area (TPSA) is 26.3 Å². The first kappa shape index (κ1) is 19.9. The molecule has 0 atom stereocenters. The molecule has 20 heavy (non-hydrogen) atoms. The highest BCUT2D eigenvalue weighted by Gasteiger charge is 2.08. The normalized spacial score (nSPS) is 11.0. The van der Waals surface area contributed by atoms with Crippen molar-refractivity contribution in [3.8, 4) is 0 Å². The van der Waals surface area contributed by atoms with Crippen molar-refractivity contribution in [2.45, 2.75) is 84.5 Å². The van der Waals surface area contributed by atoms with E-state index in [9.17, 15) is 4.79 Å². The maximum atomic E-state index is 11.6. The van der Waals surface area contributed by atoms with E-state index in [4.69, 9.17) is 4.74 Å². The van der Waals surface area contributed by atoms with Crippen molar-refractivity contribution in [3.63, 3.8) is 0 Å². The summed E-state index contributed by atoms with van der Waals surface area (Å²) < 4.78 is 5.35. The van der Waals surface area contributed by atoms with Gasteiger partial charge in [-0.1, -0.05) is 74.7 Å². The lowest BCUT2D eigenvalue weighted by atomic mass is 9.95. The van der Waals surface area contributed by atoms with Crippen LogP contribution < -0.4 is 0 Å². The van der Waals surface area contributed by atoms with Crippen LogP contribution in [0.1, 0.15) is 84.5 Å². The number of hydrogen-bond acceptors (Lipinski definition) is 2. The Hall–Kier alpha value is -0.0500. The first-order chi connectivity index (χ1) is 9.74. The minimum atomic E-state index is -0.00256. The van der Waals surface area contributed by atoms with Crippen LogP contribution in [0.15, 0.2) is 0 Å². The zero-order valence-electron chi connectivity index (χ0n) is 13.5. The fourth-order valence-corrected chi connectivity index (χ4v) is 2.95. The number of ether oxygens (including phenoxy) is 1. The third-order valence-electron chi connectivity index (χ3n) is 3.70. The van der Waals surface area contributed by atoms with E-state index in [1.165, 1.54) is 44.9 Å². The lowest BCUT2D eigenvalue weighted by molar-refractivity contribution is -0.144. The number of carbonyl (C=O) groups is 1. The van der Waals surface area contributed by atoms with Gasteiger partial charge in [0, 0.05) is 11.8 Å². The molecule has 0 radical (unpaired) electrons. The summed E-state index contributed by atoms with van der Waals surface area (Å²) in [6.45, 7) is 5.07. The molecule has 0 aliphatic rings. The van der Waals surface area contributed by atoms with Gasteiger partial charge >= 0.3 is 5.97 Å². The van der Waals surface area contributed by atoms with Gasteiger partial charge < -0.3 is 4.74 Å². The highest BCUT2D eigenvalue weighted by atomic mass is 79.9. The van der Waals surface area contributed by atoms with E-state index >= 15 is 0 Å². The summed E-state index contributed by atoms with van der Waals surface area (Å²) in [7, 11) is 0. The van der Waals surface area contributed by atoms with E-state index in [2.05, 4.69) is 29.8 Å². The Kier molecular flexibility index (Phi) is 15.3. The Balaban J connectivity index is 3.47. The predicted molar refractivity (Wildman–Crippen MR) is 90.4 cm³/mol. The fourth-order valence-electron chi connectivity index (χ4n) is 2.56. The first-order valence-corrected chi connectivity index (χ1v) is 9.58. The molecule has 0 fully saturated rings. The SMILES string of the molecule is CCCC(CCC)CCOC(=O)CCCCCCCBr. The monoisotopic (exact) mass is 348 g/mol. The molecule has 0 saturated carbocycles. The minimum absolute atomic E-state index is 0.00256. The van der Waals surface area contributed by atoms with Gasteiger partial charge in [0.2, 0.25) is 0 Å². The average molecular weight is 349 g/mol. The van der Waals surface area contributed by atoms with Crippen LogP contribution in [0.2, 0.25) is 0 Å². The van der Waals surface area contributed by atoms with Crippen LogP contribution in [0, 0.1) is 5.92 Å². The molecule has 3 heteroatoms. The van der Waals surface area contributed by atoms with Gasteiger partial charge in [-0.15, -0.1) is 0 Å². The van der Waals surface area contributed by atoms with Gasteiger partial charge in [0.25, 0.3) is 0 Å². The van der Waals surface area contributed by atoms with Gasteiger partial charge in [0.1, 0.15) is 0 Å². The highest BCUT2D eigenvalue weighted by molar-refractivity contribution is 9.09. The molecule has 0 aromatic heterocycles. The summed E-state index contributed by atoms with van der Waals surface area (Å²) in [5.41, 5.74) is 0. The largest absolute Gasteiger partial charge is 0.466 e. The van der Waals surface area contributed by atoms with Crippen LogP contribution in [0.5, 0.6) is 0 Å². The Morgan fingerprint density at radius 3 is 2.15 bits per heavy atom. The minimum Gasteiger partial charge on any atom is -0.466 e. The smallest absolute Gasteiger partial charge is 0.305 e. The lowest BCUT2D eigenvalue weighted by Gasteiger charge is -2.14. The van der Waals surface area contributed by atoms with Crippen LogP contribution >= 0.6 is 15.9 Å². The summed E-state index contributed by atoms with van der Waals surface area (Å²) in [6.07, 6.45) is 12.5. The molecule has 0 aromatic rings. The molecule has 0 unspecified atom stereocenters. The molecule has 0 amide bonds. The van der Waals surface area contributed by atoms with Crippen LogP contribution in [-0.4, -0.2) is 17.9 Å². The Labute approximate surface area is 134 Å². The quantitative estimate of drug-likeness (QED) is 0.223. The molecule has 0 spiro atoms. The van der Waals surface area contributed by atoms with Crippen LogP contribution in [0.3, 0.4) is 0 Å². The van der Waals surface area contributed by atoms with Gasteiger partial charge in [0.15, 0.2) is 0 Å². The molecule has 2 nitrogen and oxygen atoms in total. The molecular formula is C17H33BrO2. The summed E-state index contributed by atoms with van der Waals surface area (Å²) in [4.78, 5) is 11.6. The highest BCUT2D eigenvalue weighted by Crippen LogP contribution is 2.17. The van der Waals surface area contributed by atoms with E-state index in [-0.39, 0.29) is 5.97 Å². The number of alkyl halides is 1. The van der Waals surface area contributed by atoms with Gasteiger partial charge in [-0.3, -0.25) is 4.79 Å². The number of rotatable bonds is 14. The summed E-state index contributed by atoms with van der Waals surface area (Å²) in [6, 6.07) is 0. The Bertz CT molecular complexity index is 213. The number of halogens is 1. The zero-order valence-corrected chi connectivity index (χ0v) is 15.1. The molecule has 0 aliphatic carbocycles. The van der Waals surface area contributed by atoms with Crippen LogP contribution in [0.25, 0.3) is 0 Å². The van der Waals surface area contributed by atoms with Gasteiger partial charge in [-0.25, -0.2) is 0 Å². The van der Waals surface area contributed by atoms with Crippen molar-refractivity contribution < 1.29 is 9.53 Å². The summed E-state index contributed by atoms with van der Waals surface area (Å²) in [5, 5.41) is 1.09. The third-order valence-corrected chi connectivity index (χ3v) is 4.26. The van der Waals surface area contributed by atoms with Gasteiger partial charge in [-0.05, 0) is 25.2 Å². The van der Waals surface area contributed by atoms with Gasteiger partial charge in [0.05, 0.1) is 6.61 Å². The standard InChI is InChI=1S/C17H33BrO2/c1-3-10-16(11-4-2)13-15-20-17(19)12-8-6-5-7-9-14-18/h16H,3-15H2,1-2H3.